The van der Waals surface area contributed by atoms with Crippen molar-refractivity contribution in [3.05, 3.63) is 0 Å². The average molecular weight is 146 g/mol. The summed E-state index contributed by atoms with van der Waals surface area (Å²) in [5.41, 5.74) is 0. The minimum absolute atomic E-state index is 0.333. The Morgan fingerprint density at radius 3 is 2.60 bits per heavy atom. The second-order valence-electron chi connectivity index (χ2n) is 2.06. The predicted octanol–water partition coefficient (Wildman–Crippen LogP) is 0.710. The van der Waals surface area contributed by atoms with Gasteiger partial charge in [-0.2, -0.15) is 0 Å². The van der Waals surface area contributed by atoms with Gasteiger partial charge in [0.15, 0.2) is 6.10 Å². The molecule has 0 aliphatic rings. The molecule has 1 N–H and O–H groups in total. The standard InChI is InChI=1S/C7H14O3/c1-3-5-6(8)7(9)10-4-2/h6,8H,3-5H2,1-2H3/t6-/m0/s1. The lowest BCUT2D eigenvalue weighted by atomic mass is 10.2. The normalized spacial score (nSPS) is 12.7. The monoisotopic (exact) mass is 146 g/mol. The van der Waals surface area contributed by atoms with Gasteiger partial charge in [0.25, 0.3) is 0 Å². The SMILES string of the molecule is CCC[C@H](O)C(=O)OCC. The van der Waals surface area contributed by atoms with E-state index in [1.807, 2.05) is 6.92 Å². The van der Waals surface area contributed by atoms with Crippen molar-refractivity contribution in [2.75, 3.05) is 6.61 Å². The van der Waals surface area contributed by atoms with Gasteiger partial charge in [-0.3, -0.25) is 0 Å². The van der Waals surface area contributed by atoms with Crippen molar-refractivity contribution in [3.8, 4) is 0 Å². The van der Waals surface area contributed by atoms with Crippen molar-refractivity contribution in [3.63, 3.8) is 0 Å². The van der Waals surface area contributed by atoms with E-state index in [-0.39, 0.29) is 0 Å². The molecule has 0 saturated heterocycles. The maximum Gasteiger partial charge on any atom is 0.334 e. The molecule has 0 aliphatic carbocycles. The molecule has 0 radical (unpaired) electrons. The quantitative estimate of drug-likeness (QED) is 0.594. The van der Waals surface area contributed by atoms with Crippen LogP contribution in [0.1, 0.15) is 26.7 Å². The van der Waals surface area contributed by atoms with Crippen molar-refractivity contribution in [2.24, 2.45) is 0 Å². The van der Waals surface area contributed by atoms with Crippen molar-refractivity contribution >= 4 is 5.97 Å². The van der Waals surface area contributed by atoms with Crippen molar-refractivity contribution in [1.29, 1.82) is 0 Å². The summed E-state index contributed by atoms with van der Waals surface area (Å²) >= 11 is 0. The fraction of sp³-hybridized carbons (Fsp3) is 0.857. The second kappa shape index (κ2) is 5.23. The summed E-state index contributed by atoms with van der Waals surface area (Å²) in [5, 5.41) is 8.97. The van der Waals surface area contributed by atoms with E-state index in [0.29, 0.717) is 13.0 Å². The highest BCUT2D eigenvalue weighted by Gasteiger charge is 2.13. The first kappa shape index (κ1) is 9.43. The fourth-order valence-electron chi connectivity index (χ4n) is 0.630. The largest absolute Gasteiger partial charge is 0.464 e. The van der Waals surface area contributed by atoms with Gasteiger partial charge in [0.05, 0.1) is 6.61 Å². The van der Waals surface area contributed by atoms with Crippen LogP contribution in [0.5, 0.6) is 0 Å². The van der Waals surface area contributed by atoms with Crippen LogP contribution in [0.25, 0.3) is 0 Å². The van der Waals surface area contributed by atoms with Crippen LogP contribution in [0.3, 0.4) is 0 Å². The van der Waals surface area contributed by atoms with Gasteiger partial charge in [-0.05, 0) is 13.3 Å². The molecule has 0 spiro atoms. The van der Waals surface area contributed by atoms with Crippen LogP contribution in [0.15, 0.2) is 0 Å². The summed E-state index contributed by atoms with van der Waals surface area (Å²) in [4.78, 5) is 10.7. The van der Waals surface area contributed by atoms with Crippen LogP contribution in [0.4, 0.5) is 0 Å². The molecule has 0 aromatic heterocycles. The lowest BCUT2D eigenvalue weighted by molar-refractivity contribution is -0.153. The molecule has 3 heteroatoms. The minimum atomic E-state index is -0.926. The first-order valence-electron chi connectivity index (χ1n) is 3.57. The summed E-state index contributed by atoms with van der Waals surface area (Å²) in [6, 6.07) is 0. The Bertz CT molecular complexity index is 101. The van der Waals surface area contributed by atoms with E-state index in [4.69, 9.17) is 5.11 Å². The zero-order valence-electron chi connectivity index (χ0n) is 6.46. The Labute approximate surface area is 61.0 Å². The fourth-order valence-corrected chi connectivity index (χ4v) is 0.630. The maximum absolute atomic E-state index is 10.7. The first-order valence-corrected chi connectivity index (χ1v) is 3.57. The zero-order chi connectivity index (χ0) is 7.98. The Morgan fingerprint density at radius 1 is 1.60 bits per heavy atom. The van der Waals surface area contributed by atoms with Gasteiger partial charge in [-0.15, -0.1) is 0 Å². The molecular formula is C7H14O3. The van der Waals surface area contributed by atoms with Gasteiger partial charge in [-0.1, -0.05) is 13.3 Å². The van der Waals surface area contributed by atoms with Gasteiger partial charge < -0.3 is 9.84 Å². The number of ether oxygens (including phenoxy) is 1. The number of hydrogen-bond acceptors (Lipinski definition) is 3. The predicted molar refractivity (Wildman–Crippen MR) is 37.5 cm³/mol. The number of hydrogen-bond donors (Lipinski definition) is 1. The van der Waals surface area contributed by atoms with E-state index in [2.05, 4.69) is 4.74 Å². The van der Waals surface area contributed by atoms with Crippen LogP contribution in [0.2, 0.25) is 0 Å². The third-order valence-corrected chi connectivity index (χ3v) is 1.12. The Kier molecular flexibility index (Phi) is 4.94. The number of carbonyl (C=O) groups is 1. The molecule has 0 fully saturated rings. The second-order valence-corrected chi connectivity index (χ2v) is 2.06. The molecule has 10 heavy (non-hydrogen) atoms. The number of carbonyl (C=O) groups excluding carboxylic acids is 1. The van der Waals surface area contributed by atoms with E-state index in [1.165, 1.54) is 0 Å². The van der Waals surface area contributed by atoms with E-state index in [0.717, 1.165) is 6.42 Å². The van der Waals surface area contributed by atoms with E-state index in [9.17, 15) is 4.79 Å². The lowest BCUT2D eigenvalue weighted by Gasteiger charge is -2.06. The molecule has 0 saturated carbocycles. The Morgan fingerprint density at radius 2 is 2.20 bits per heavy atom. The van der Waals surface area contributed by atoms with Gasteiger partial charge in [0.1, 0.15) is 0 Å². The summed E-state index contributed by atoms with van der Waals surface area (Å²) in [6.45, 7) is 3.96. The zero-order valence-corrected chi connectivity index (χ0v) is 6.46. The Hall–Kier alpha value is -0.570. The summed E-state index contributed by atoms with van der Waals surface area (Å²) < 4.78 is 4.57. The number of rotatable bonds is 4. The van der Waals surface area contributed by atoms with Crippen LogP contribution in [-0.2, 0) is 9.53 Å². The number of aliphatic hydroxyl groups is 1. The van der Waals surface area contributed by atoms with Crippen molar-refractivity contribution in [1.82, 2.24) is 0 Å². The van der Waals surface area contributed by atoms with Crippen LogP contribution < -0.4 is 0 Å². The highest BCUT2D eigenvalue weighted by molar-refractivity contribution is 5.74. The molecule has 0 bridgehead atoms. The van der Waals surface area contributed by atoms with Crippen LogP contribution in [0, 0.1) is 0 Å². The van der Waals surface area contributed by atoms with Gasteiger partial charge in [0.2, 0.25) is 0 Å². The van der Waals surface area contributed by atoms with Gasteiger partial charge in [-0.25, -0.2) is 4.79 Å². The molecule has 0 unspecified atom stereocenters. The minimum Gasteiger partial charge on any atom is -0.464 e. The summed E-state index contributed by atoms with van der Waals surface area (Å²) in [5.74, 6) is -0.510. The van der Waals surface area contributed by atoms with E-state index < -0.39 is 12.1 Å². The lowest BCUT2D eigenvalue weighted by Crippen LogP contribution is -2.22. The number of aliphatic hydroxyl groups excluding tert-OH is 1. The molecule has 0 aromatic rings. The summed E-state index contributed by atoms with van der Waals surface area (Å²) in [6.07, 6.45) is 0.351. The third kappa shape index (κ3) is 3.45. The number of esters is 1. The molecule has 0 amide bonds. The topological polar surface area (TPSA) is 46.5 Å². The molecule has 0 heterocycles. The third-order valence-electron chi connectivity index (χ3n) is 1.12. The molecule has 3 nitrogen and oxygen atoms in total. The molecular weight excluding hydrogens is 132 g/mol. The van der Waals surface area contributed by atoms with Gasteiger partial charge >= 0.3 is 5.97 Å². The smallest absolute Gasteiger partial charge is 0.334 e. The van der Waals surface area contributed by atoms with E-state index >= 15 is 0 Å². The molecule has 0 aliphatic heterocycles. The van der Waals surface area contributed by atoms with Crippen molar-refractivity contribution in [2.45, 2.75) is 32.8 Å². The molecule has 0 rings (SSSR count). The van der Waals surface area contributed by atoms with Crippen LogP contribution >= 0.6 is 0 Å². The molecule has 60 valence electrons. The first-order chi connectivity index (χ1) is 4.72. The van der Waals surface area contributed by atoms with Gasteiger partial charge in [0, 0.05) is 0 Å². The highest BCUT2D eigenvalue weighted by atomic mass is 16.5. The maximum atomic E-state index is 10.7. The summed E-state index contributed by atoms with van der Waals surface area (Å²) in [7, 11) is 0. The highest BCUT2D eigenvalue weighted by Crippen LogP contribution is 1.97. The molecule has 0 aromatic carbocycles. The average Bonchev–Trinajstić information content (AvgIpc) is 1.89. The molecule has 1 atom stereocenters. The Balaban J connectivity index is 3.49. The van der Waals surface area contributed by atoms with E-state index in [1.54, 1.807) is 6.92 Å². The van der Waals surface area contributed by atoms with Crippen LogP contribution in [-0.4, -0.2) is 23.8 Å². The van der Waals surface area contributed by atoms with Crippen molar-refractivity contribution < 1.29 is 14.6 Å².